The number of hydrogen-bond acceptors (Lipinski definition) is 3. The van der Waals surface area contributed by atoms with E-state index in [-0.39, 0.29) is 17.0 Å². The quantitative estimate of drug-likeness (QED) is 0.760. The molecule has 1 aromatic carbocycles. The molecule has 0 unspecified atom stereocenters. The van der Waals surface area contributed by atoms with Gasteiger partial charge in [-0.15, -0.1) is 0 Å². The molecule has 5 nitrogen and oxygen atoms in total. The third kappa shape index (κ3) is 1.69. The first-order chi connectivity index (χ1) is 8.65. The molecule has 5 heteroatoms. The summed E-state index contributed by atoms with van der Waals surface area (Å²) in [5.41, 5.74) is 0.744. The third-order valence-electron chi connectivity index (χ3n) is 3.12. The molecule has 1 fully saturated rings. The van der Waals surface area contributed by atoms with Crippen LogP contribution in [0.15, 0.2) is 35.1 Å². The first kappa shape index (κ1) is 11.0. The van der Waals surface area contributed by atoms with Crippen molar-refractivity contribution in [1.29, 1.82) is 0 Å². The number of aliphatic hydroxyl groups excluding tert-OH is 1. The van der Waals surface area contributed by atoms with Gasteiger partial charge in [0.15, 0.2) is 5.43 Å². The van der Waals surface area contributed by atoms with Gasteiger partial charge in [-0.2, -0.15) is 0 Å². The number of pyridine rings is 1. The van der Waals surface area contributed by atoms with E-state index in [2.05, 4.69) is 4.98 Å². The predicted molar refractivity (Wildman–Crippen MR) is 66.5 cm³/mol. The van der Waals surface area contributed by atoms with E-state index >= 15 is 0 Å². The summed E-state index contributed by atoms with van der Waals surface area (Å²) in [5, 5.41) is 9.74. The van der Waals surface area contributed by atoms with Gasteiger partial charge < -0.3 is 15.0 Å². The number of H-pyrrole nitrogens is 1. The van der Waals surface area contributed by atoms with Crippen molar-refractivity contribution in [2.45, 2.75) is 6.10 Å². The number of para-hydroxylation sites is 1. The maximum atomic E-state index is 12.0. The molecule has 1 aromatic heterocycles. The smallest absolute Gasteiger partial charge is 0.270 e. The molecule has 0 spiro atoms. The maximum absolute atomic E-state index is 12.0. The number of amides is 1. The van der Waals surface area contributed by atoms with E-state index in [9.17, 15) is 14.7 Å². The molecule has 2 aromatic rings. The number of nitrogens with one attached hydrogen (secondary N) is 1. The normalized spacial score (nSPS) is 15.7. The minimum absolute atomic E-state index is 0.172. The summed E-state index contributed by atoms with van der Waals surface area (Å²) in [4.78, 5) is 28.3. The van der Waals surface area contributed by atoms with Gasteiger partial charge in [0.2, 0.25) is 0 Å². The summed E-state index contributed by atoms with van der Waals surface area (Å²) < 4.78 is 0. The predicted octanol–water partition coefficient (Wildman–Crippen LogP) is 0.345. The Kier molecular flexibility index (Phi) is 2.41. The second kappa shape index (κ2) is 3.96. The summed E-state index contributed by atoms with van der Waals surface area (Å²) in [5.74, 6) is -0.247. The van der Waals surface area contributed by atoms with E-state index in [1.165, 1.54) is 11.0 Å². The van der Waals surface area contributed by atoms with Crippen LogP contribution in [0.5, 0.6) is 0 Å². The Hall–Kier alpha value is -2.14. The van der Waals surface area contributed by atoms with Crippen molar-refractivity contribution in [3.63, 3.8) is 0 Å². The number of β-amino-alcohol motifs (C(OH)–C–C–N with tert-alkyl or cyclic N) is 1. The Morgan fingerprint density at radius 1 is 1.33 bits per heavy atom. The van der Waals surface area contributed by atoms with Crippen LogP contribution in [0, 0.1) is 0 Å². The summed E-state index contributed by atoms with van der Waals surface area (Å²) in [6, 6.07) is 8.38. The Balaban J connectivity index is 2.03. The van der Waals surface area contributed by atoms with Gasteiger partial charge >= 0.3 is 0 Å². The molecule has 1 amide bonds. The second-order valence-corrected chi connectivity index (χ2v) is 4.46. The van der Waals surface area contributed by atoms with E-state index in [0.29, 0.717) is 24.0 Å². The summed E-state index contributed by atoms with van der Waals surface area (Å²) in [6.07, 6.45) is -0.443. The lowest BCUT2D eigenvalue weighted by atomic mass is 10.1. The lowest BCUT2D eigenvalue weighted by Gasteiger charge is -2.35. The number of nitrogens with zero attached hydrogens (tertiary/aromatic N) is 1. The fraction of sp³-hybridized carbons (Fsp3) is 0.231. The van der Waals surface area contributed by atoms with E-state index in [4.69, 9.17) is 0 Å². The standard InChI is InChI=1S/C13H12N2O3/c16-8-6-15(7-8)13(18)11-5-12(17)9-3-1-2-4-10(9)14-11/h1-5,8,16H,6-7H2,(H,14,17). The van der Waals surface area contributed by atoms with Crippen molar-refractivity contribution in [3.05, 3.63) is 46.2 Å². The fourth-order valence-electron chi connectivity index (χ4n) is 2.10. The highest BCUT2D eigenvalue weighted by molar-refractivity contribution is 5.95. The first-order valence-corrected chi connectivity index (χ1v) is 5.74. The van der Waals surface area contributed by atoms with Crippen molar-refractivity contribution in [2.24, 2.45) is 0 Å². The second-order valence-electron chi connectivity index (χ2n) is 4.46. The summed E-state index contributed by atoms with van der Waals surface area (Å²) in [7, 11) is 0. The Morgan fingerprint density at radius 2 is 2.06 bits per heavy atom. The van der Waals surface area contributed by atoms with E-state index in [1.54, 1.807) is 24.3 Å². The number of aromatic nitrogens is 1. The zero-order chi connectivity index (χ0) is 12.7. The van der Waals surface area contributed by atoms with E-state index in [0.717, 1.165) is 0 Å². The number of carbonyl (C=O) groups excluding carboxylic acids is 1. The largest absolute Gasteiger partial charge is 0.389 e. The van der Waals surface area contributed by atoms with Crippen molar-refractivity contribution < 1.29 is 9.90 Å². The van der Waals surface area contributed by atoms with Crippen molar-refractivity contribution in [1.82, 2.24) is 9.88 Å². The molecule has 92 valence electrons. The Labute approximate surface area is 103 Å². The molecule has 1 aliphatic heterocycles. The van der Waals surface area contributed by atoms with Gasteiger partial charge in [-0.25, -0.2) is 0 Å². The average Bonchev–Trinajstić information content (AvgIpc) is 2.34. The lowest BCUT2D eigenvalue weighted by molar-refractivity contribution is 0.00552. The van der Waals surface area contributed by atoms with Gasteiger partial charge in [0.05, 0.1) is 6.10 Å². The first-order valence-electron chi connectivity index (χ1n) is 5.74. The van der Waals surface area contributed by atoms with Crippen LogP contribution in [0.3, 0.4) is 0 Å². The number of aliphatic hydroxyl groups is 1. The van der Waals surface area contributed by atoms with Crippen LogP contribution in [0.4, 0.5) is 0 Å². The van der Waals surface area contributed by atoms with Crippen LogP contribution in [0.1, 0.15) is 10.5 Å². The zero-order valence-corrected chi connectivity index (χ0v) is 9.59. The average molecular weight is 244 g/mol. The SMILES string of the molecule is O=C(c1cc(=O)c2ccccc2[nH]1)N1CC(O)C1. The molecule has 3 rings (SSSR count). The molecule has 1 saturated heterocycles. The van der Waals surface area contributed by atoms with Crippen LogP contribution in [-0.4, -0.2) is 40.1 Å². The zero-order valence-electron chi connectivity index (χ0n) is 9.59. The molecule has 2 heterocycles. The van der Waals surface area contributed by atoms with Gasteiger partial charge in [-0.1, -0.05) is 12.1 Å². The van der Waals surface area contributed by atoms with Gasteiger partial charge in [-0.05, 0) is 12.1 Å². The summed E-state index contributed by atoms with van der Waals surface area (Å²) >= 11 is 0. The number of aromatic amines is 1. The maximum Gasteiger partial charge on any atom is 0.270 e. The monoisotopic (exact) mass is 244 g/mol. The van der Waals surface area contributed by atoms with Crippen molar-refractivity contribution in [2.75, 3.05) is 13.1 Å². The van der Waals surface area contributed by atoms with Gasteiger partial charge in [0.25, 0.3) is 5.91 Å². The molecule has 2 N–H and O–H groups in total. The molecule has 0 atom stereocenters. The van der Waals surface area contributed by atoms with Crippen LogP contribution in [0.2, 0.25) is 0 Å². The van der Waals surface area contributed by atoms with Gasteiger partial charge in [-0.3, -0.25) is 9.59 Å². The Morgan fingerprint density at radius 3 is 2.78 bits per heavy atom. The van der Waals surface area contributed by atoms with Crippen molar-refractivity contribution >= 4 is 16.8 Å². The van der Waals surface area contributed by atoms with Crippen molar-refractivity contribution in [3.8, 4) is 0 Å². The molecule has 0 aliphatic carbocycles. The van der Waals surface area contributed by atoms with Crippen LogP contribution < -0.4 is 5.43 Å². The number of hydrogen-bond donors (Lipinski definition) is 2. The number of likely N-dealkylation sites (tertiary alicyclic amines) is 1. The number of rotatable bonds is 1. The van der Waals surface area contributed by atoms with E-state index < -0.39 is 6.10 Å². The molecular weight excluding hydrogens is 232 g/mol. The highest BCUT2D eigenvalue weighted by atomic mass is 16.3. The molecular formula is C13H12N2O3. The van der Waals surface area contributed by atoms with Gasteiger partial charge in [0.1, 0.15) is 5.69 Å². The molecule has 1 aliphatic rings. The molecule has 18 heavy (non-hydrogen) atoms. The minimum atomic E-state index is -0.443. The topological polar surface area (TPSA) is 73.4 Å². The van der Waals surface area contributed by atoms with Crippen LogP contribution in [0.25, 0.3) is 10.9 Å². The molecule has 0 saturated carbocycles. The lowest BCUT2D eigenvalue weighted by Crippen LogP contribution is -2.53. The third-order valence-corrected chi connectivity index (χ3v) is 3.12. The molecule has 0 radical (unpaired) electrons. The number of benzene rings is 1. The van der Waals surface area contributed by atoms with Crippen LogP contribution in [-0.2, 0) is 0 Å². The van der Waals surface area contributed by atoms with Crippen LogP contribution >= 0.6 is 0 Å². The summed E-state index contributed by atoms with van der Waals surface area (Å²) in [6.45, 7) is 0.654. The fourth-order valence-corrected chi connectivity index (χ4v) is 2.10. The Bertz CT molecular complexity index is 671. The number of fused-ring (bicyclic) bond motifs is 1. The molecule has 0 bridgehead atoms. The number of carbonyl (C=O) groups is 1. The highest BCUT2D eigenvalue weighted by Crippen LogP contribution is 2.13. The minimum Gasteiger partial charge on any atom is -0.389 e. The van der Waals surface area contributed by atoms with Gasteiger partial charge in [0, 0.05) is 30.1 Å². The van der Waals surface area contributed by atoms with E-state index in [1.807, 2.05) is 0 Å². The highest BCUT2D eigenvalue weighted by Gasteiger charge is 2.30.